The number of anilines is 1. The second-order valence-electron chi connectivity index (χ2n) is 3.56. The van der Waals surface area contributed by atoms with Crippen molar-refractivity contribution in [3.05, 3.63) is 40.3 Å². The van der Waals surface area contributed by atoms with Crippen LogP contribution < -0.4 is 15.8 Å². The summed E-state index contributed by atoms with van der Waals surface area (Å²) in [6.45, 7) is 0.396. The van der Waals surface area contributed by atoms with E-state index in [2.05, 4.69) is 10.3 Å². The van der Waals surface area contributed by atoms with Gasteiger partial charge in [-0.3, -0.25) is 4.79 Å². The molecule has 5 nitrogen and oxygen atoms in total. The van der Waals surface area contributed by atoms with Crippen molar-refractivity contribution < 1.29 is 9.53 Å². The molecular weight excluding hydrogens is 250 g/mol. The summed E-state index contributed by atoms with van der Waals surface area (Å²) in [4.78, 5) is 16.0. The number of carbonyl (C=O) groups excluding carboxylic acids is 1. The summed E-state index contributed by atoms with van der Waals surface area (Å²) in [6.07, 6.45) is 1.70. The Labute approximate surface area is 109 Å². The standard InChI is InChI=1S/C12H13N3O2S/c1-17-8-2-3-10(13)9(6-8)12(16)15-7-11-14-4-5-18-11/h2-6H,7,13H2,1H3,(H,15,16). The van der Waals surface area contributed by atoms with Gasteiger partial charge in [0, 0.05) is 17.3 Å². The van der Waals surface area contributed by atoms with E-state index in [9.17, 15) is 4.79 Å². The summed E-state index contributed by atoms with van der Waals surface area (Å²) in [7, 11) is 1.54. The number of aromatic nitrogens is 1. The van der Waals surface area contributed by atoms with Gasteiger partial charge < -0.3 is 15.8 Å². The number of nitrogens with two attached hydrogens (primary N) is 1. The lowest BCUT2D eigenvalue weighted by atomic mass is 10.1. The molecule has 0 aliphatic rings. The molecule has 0 saturated heterocycles. The van der Waals surface area contributed by atoms with Crippen molar-refractivity contribution >= 4 is 22.9 Å². The fraction of sp³-hybridized carbons (Fsp3) is 0.167. The molecule has 0 spiro atoms. The number of hydrogen-bond donors (Lipinski definition) is 2. The minimum absolute atomic E-state index is 0.235. The number of rotatable bonds is 4. The van der Waals surface area contributed by atoms with Crippen molar-refractivity contribution in [1.29, 1.82) is 0 Å². The first-order valence-electron chi connectivity index (χ1n) is 5.31. The number of ether oxygens (including phenoxy) is 1. The van der Waals surface area contributed by atoms with Crippen molar-refractivity contribution in [2.75, 3.05) is 12.8 Å². The second-order valence-corrected chi connectivity index (χ2v) is 4.54. The topological polar surface area (TPSA) is 77.2 Å². The molecule has 1 aromatic heterocycles. The van der Waals surface area contributed by atoms with Gasteiger partial charge in [0.1, 0.15) is 10.8 Å². The first-order chi connectivity index (χ1) is 8.70. The van der Waals surface area contributed by atoms with E-state index in [4.69, 9.17) is 10.5 Å². The number of hydrogen-bond acceptors (Lipinski definition) is 5. The predicted octanol–water partition coefficient (Wildman–Crippen LogP) is 1.66. The van der Waals surface area contributed by atoms with Crippen LogP contribution in [0.5, 0.6) is 5.75 Å². The fourth-order valence-corrected chi connectivity index (χ4v) is 2.01. The van der Waals surface area contributed by atoms with Crippen LogP contribution in [0.4, 0.5) is 5.69 Å². The Balaban J connectivity index is 2.08. The van der Waals surface area contributed by atoms with Gasteiger partial charge in [-0.25, -0.2) is 4.98 Å². The van der Waals surface area contributed by atoms with Gasteiger partial charge in [-0.15, -0.1) is 11.3 Å². The van der Waals surface area contributed by atoms with Crippen molar-refractivity contribution in [1.82, 2.24) is 10.3 Å². The van der Waals surface area contributed by atoms with Crippen LogP contribution in [0.1, 0.15) is 15.4 Å². The molecule has 0 atom stereocenters. The number of nitrogens with zero attached hydrogens (tertiary/aromatic N) is 1. The van der Waals surface area contributed by atoms with E-state index in [1.807, 2.05) is 5.38 Å². The zero-order chi connectivity index (χ0) is 13.0. The molecule has 0 aliphatic heterocycles. The second kappa shape index (κ2) is 5.50. The van der Waals surface area contributed by atoms with Crippen molar-refractivity contribution in [2.24, 2.45) is 0 Å². The molecule has 0 aliphatic carbocycles. The van der Waals surface area contributed by atoms with Gasteiger partial charge in [-0.1, -0.05) is 0 Å². The SMILES string of the molecule is COc1ccc(N)c(C(=O)NCc2nccs2)c1. The maximum atomic E-state index is 12.0. The highest BCUT2D eigenvalue weighted by atomic mass is 32.1. The van der Waals surface area contributed by atoms with E-state index in [0.29, 0.717) is 23.5 Å². The number of nitrogens with one attached hydrogen (secondary N) is 1. The molecule has 18 heavy (non-hydrogen) atoms. The molecule has 0 saturated carbocycles. The highest BCUT2D eigenvalue weighted by Crippen LogP contribution is 2.19. The highest BCUT2D eigenvalue weighted by Gasteiger charge is 2.11. The number of carbonyl (C=O) groups is 1. The molecule has 3 N–H and O–H groups in total. The third-order valence-electron chi connectivity index (χ3n) is 2.39. The van der Waals surface area contributed by atoms with Gasteiger partial charge in [0.2, 0.25) is 0 Å². The molecule has 0 bridgehead atoms. The lowest BCUT2D eigenvalue weighted by Crippen LogP contribution is -2.23. The summed E-state index contributed by atoms with van der Waals surface area (Å²) in [5, 5.41) is 5.48. The maximum absolute atomic E-state index is 12.0. The minimum Gasteiger partial charge on any atom is -0.497 e. The number of thiazole rings is 1. The van der Waals surface area contributed by atoms with Crippen LogP contribution in [-0.4, -0.2) is 18.0 Å². The van der Waals surface area contributed by atoms with Crippen molar-refractivity contribution in [2.45, 2.75) is 6.54 Å². The van der Waals surface area contributed by atoms with Crippen LogP contribution in [0.3, 0.4) is 0 Å². The highest BCUT2D eigenvalue weighted by molar-refractivity contribution is 7.09. The molecule has 6 heteroatoms. The van der Waals surface area contributed by atoms with Crippen LogP contribution in [-0.2, 0) is 6.54 Å². The fourth-order valence-electron chi connectivity index (χ4n) is 1.45. The number of benzene rings is 1. The molecule has 1 amide bonds. The molecular formula is C12H13N3O2S. The van der Waals surface area contributed by atoms with E-state index >= 15 is 0 Å². The monoisotopic (exact) mass is 263 g/mol. The summed E-state index contributed by atoms with van der Waals surface area (Å²) in [5.41, 5.74) is 6.60. The van der Waals surface area contributed by atoms with Gasteiger partial charge in [-0.05, 0) is 18.2 Å². The summed E-state index contributed by atoms with van der Waals surface area (Å²) in [6, 6.07) is 4.98. The Kier molecular flexibility index (Phi) is 3.78. The molecule has 94 valence electrons. The lowest BCUT2D eigenvalue weighted by molar-refractivity contribution is 0.0951. The zero-order valence-corrected chi connectivity index (χ0v) is 10.7. The Morgan fingerprint density at radius 3 is 3.06 bits per heavy atom. The molecule has 0 unspecified atom stereocenters. The van der Waals surface area contributed by atoms with Gasteiger partial charge in [0.15, 0.2) is 0 Å². The van der Waals surface area contributed by atoms with Crippen molar-refractivity contribution in [3.63, 3.8) is 0 Å². The third-order valence-corrected chi connectivity index (χ3v) is 3.17. The Morgan fingerprint density at radius 1 is 1.56 bits per heavy atom. The first kappa shape index (κ1) is 12.4. The van der Waals surface area contributed by atoms with Crippen LogP contribution >= 0.6 is 11.3 Å². The molecule has 1 aromatic carbocycles. The van der Waals surface area contributed by atoms with E-state index in [-0.39, 0.29) is 5.91 Å². The maximum Gasteiger partial charge on any atom is 0.253 e. The third kappa shape index (κ3) is 2.78. The molecule has 2 rings (SSSR count). The van der Waals surface area contributed by atoms with Crippen LogP contribution in [0.25, 0.3) is 0 Å². The number of amides is 1. The van der Waals surface area contributed by atoms with Gasteiger partial charge in [-0.2, -0.15) is 0 Å². The van der Waals surface area contributed by atoms with Crippen molar-refractivity contribution in [3.8, 4) is 5.75 Å². The zero-order valence-electron chi connectivity index (χ0n) is 9.84. The summed E-state index contributed by atoms with van der Waals surface area (Å²) in [5.74, 6) is 0.366. The largest absolute Gasteiger partial charge is 0.497 e. The molecule has 0 fully saturated rings. The molecule has 0 radical (unpaired) electrons. The van der Waals surface area contributed by atoms with Crippen LogP contribution in [0, 0.1) is 0 Å². The number of nitrogen functional groups attached to an aromatic ring is 1. The summed E-state index contributed by atoms with van der Waals surface area (Å²) >= 11 is 1.49. The van der Waals surface area contributed by atoms with Gasteiger partial charge in [0.25, 0.3) is 5.91 Å². The molecule has 1 heterocycles. The van der Waals surface area contributed by atoms with E-state index in [1.165, 1.54) is 11.3 Å². The van der Waals surface area contributed by atoms with E-state index in [1.54, 1.807) is 31.5 Å². The van der Waals surface area contributed by atoms with Gasteiger partial charge in [0.05, 0.1) is 19.2 Å². The Hall–Kier alpha value is -2.08. The minimum atomic E-state index is -0.235. The average Bonchev–Trinajstić information content (AvgIpc) is 2.89. The number of methoxy groups -OCH3 is 1. The Morgan fingerprint density at radius 2 is 2.39 bits per heavy atom. The van der Waals surface area contributed by atoms with E-state index in [0.717, 1.165) is 5.01 Å². The van der Waals surface area contributed by atoms with Crippen LogP contribution in [0.2, 0.25) is 0 Å². The normalized spacial score (nSPS) is 10.1. The van der Waals surface area contributed by atoms with Crippen LogP contribution in [0.15, 0.2) is 29.8 Å². The predicted molar refractivity (Wildman–Crippen MR) is 70.7 cm³/mol. The first-order valence-corrected chi connectivity index (χ1v) is 6.18. The average molecular weight is 263 g/mol. The molecule has 2 aromatic rings. The summed E-state index contributed by atoms with van der Waals surface area (Å²) < 4.78 is 5.06. The Bertz CT molecular complexity index is 540. The van der Waals surface area contributed by atoms with E-state index < -0.39 is 0 Å². The quantitative estimate of drug-likeness (QED) is 0.822. The smallest absolute Gasteiger partial charge is 0.253 e. The van der Waals surface area contributed by atoms with Gasteiger partial charge >= 0.3 is 0 Å². The lowest BCUT2D eigenvalue weighted by Gasteiger charge is -2.08.